The van der Waals surface area contributed by atoms with E-state index in [0.29, 0.717) is 16.5 Å². The molecule has 13 heteroatoms. The van der Waals surface area contributed by atoms with Crippen LogP contribution in [0.1, 0.15) is 17.0 Å². The zero-order chi connectivity index (χ0) is 28.7. The van der Waals surface area contributed by atoms with Crippen molar-refractivity contribution >= 4 is 45.1 Å². The van der Waals surface area contributed by atoms with E-state index in [2.05, 4.69) is 15.0 Å². The number of rotatable bonds is 9. The molecule has 11 nitrogen and oxygen atoms in total. The molecule has 0 saturated carbocycles. The second kappa shape index (κ2) is 12.6. The van der Waals surface area contributed by atoms with Gasteiger partial charge < -0.3 is 15.8 Å². The molecule has 1 aliphatic heterocycles. The van der Waals surface area contributed by atoms with Gasteiger partial charge in [0.25, 0.3) is 10.0 Å². The van der Waals surface area contributed by atoms with E-state index in [-0.39, 0.29) is 29.9 Å². The van der Waals surface area contributed by atoms with Gasteiger partial charge in [-0.15, -0.1) is 0 Å². The summed E-state index contributed by atoms with van der Waals surface area (Å²) >= 11 is 6.10. The number of hydrazone groups is 1. The van der Waals surface area contributed by atoms with E-state index >= 15 is 0 Å². The van der Waals surface area contributed by atoms with Crippen LogP contribution in [-0.4, -0.2) is 63.7 Å². The van der Waals surface area contributed by atoms with E-state index in [4.69, 9.17) is 27.2 Å². The smallest absolute Gasteiger partial charge is 0.264 e. The SMILES string of the molecule is COc1ccc(S(=O)(=O)NC(=NCC(=O)NCC(N)=O)N2CC(c3ccccc3)C(c3ccc(Cl)cc3)=N2)cc1. The van der Waals surface area contributed by atoms with Crippen molar-refractivity contribution < 1.29 is 22.7 Å². The number of primary amides is 1. The van der Waals surface area contributed by atoms with E-state index in [1.807, 2.05) is 42.5 Å². The minimum Gasteiger partial charge on any atom is -0.497 e. The summed E-state index contributed by atoms with van der Waals surface area (Å²) in [7, 11) is -2.66. The molecule has 0 aliphatic carbocycles. The molecule has 0 radical (unpaired) electrons. The van der Waals surface area contributed by atoms with Crippen LogP contribution in [0.3, 0.4) is 0 Å². The zero-order valence-corrected chi connectivity index (χ0v) is 23.0. The number of hydrogen-bond donors (Lipinski definition) is 3. The van der Waals surface area contributed by atoms with Gasteiger partial charge in [0.1, 0.15) is 12.3 Å². The molecule has 1 aliphatic rings. The van der Waals surface area contributed by atoms with E-state index in [1.54, 1.807) is 12.1 Å². The Morgan fingerprint density at radius 1 is 1.07 bits per heavy atom. The first-order valence-corrected chi connectivity index (χ1v) is 14.0. The number of nitrogens with one attached hydrogen (secondary N) is 2. The van der Waals surface area contributed by atoms with Crippen LogP contribution in [0.15, 0.2) is 93.9 Å². The molecule has 208 valence electrons. The van der Waals surface area contributed by atoms with Gasteiger partial charge in [0.05, 0.1) is 30.8 Å². The Hall–Kier alpha value is -4.42. The minimum atomic E-state index is -4.14. The molecule has 0 spiro atoms. The number of amides is 2. The molecule has 4 N–H and O–H groups in total. The van der Waals surface area contributed by atoms with Crippen molar-refractivity contribution in [1.82, 2.24) is 15.0 Å². The van der Waals surface area contributed by atoms with E-state index in [0.717, 1.165) is 11.1 Å². The van der Waals surface area contributed by atoms with Crippen molar-refractivity contribution in [3.63, 3.8) is 0 Å². The average Bonchev–Trinajstić information content (AvgIpc) is 3.40. The van der Waals surface area contributed by atoms with Crippen molar-refractivity contribution in [2.45, 2.75) is 10.8 Å². The lowest BCUT2D eigenvalue weighted by Gasteiger charge is -2.20. The Balaban J connectivity index is 1.71. The highest BCUT2D eigenvalue weighted by Gasteiger charge is 2.33. The van der Waals surface area contributed by atoms with Crippen LogP contribution in [0.4, 0.5) is 0 Å². The van der Waals surface area contributed by atoms with E-state index in [9.17, 15) is 18.0 Å². The number of nitrogens with two attached hydrogens (primary N) is 1. The minimum absolute atomic E-state index is 0.0418. The largest absolute Gasteiger partial charge is 0.497 e. The fourth-order valence-electron chi connectivity index (χ4n) is 3.95. The summed E-state index contributed by atoms with van der Waals surface area (Å²) in [6.07, 6.45) is 0. The standard InChI is InChI=1S/C27H27ClN6O5S/c1-39-21-11-13-22(14-12-21)40(37,38)33-27(31-16-25(36)30-15-24(29)35)34-17-23(18-5-3-2-4-6-18)26(32-34)19-7-9-20(28)10-8-19/h2-14,23H,15-17H2,1H3,(H2,29,35)(H,30,36)(H,31,33). The van der Waals surface area contributed by atoms with Gasteiger partial charge in [0.15, 0.2) is 0 Å². The Kier molecular flexibility index (Phi) is 9.02. The first-order chi connectivity index (χ1) is 19.2. The summed E-state index contributed by atoms with van der Waals surface area (Å²) in [5.41, 5.74) is 7.50. The summed E-state index contributed by atoms with van der Waals surface area (Å²) in [6, 6.07) is 22.6. The number of carbonyl (C=O) groups excluding carboxylic acids is 2. The maximum atomic E-state index is 13.3. The molecular formula is C27H27ClN6O5S. The van der Waals surface area contributed by atoms with Crippen LogP contribution < -0.4 is 20.5 Å². The third-order valence-corrected chi connectivity index (χ3v) is 7.52. The fraction of sp³-hybridized carbons (Fsp3) is 0.185. The van der Waals surface area contributed by atoms with E-state index < -0.39 is 28.4 Å². The first-order valence-electron chi connectivity index (χ1n) is 12.1. The van der Waals surface area contributed by atoms with Gasteiger partial charge in [-0.2, -0.15) is 5.10 Å². The molecule has 2 amide bonds. The summed E-state index contributed by atoms with van der Waals surface area (Å²) < 4.78 is 34.2. The van der Waals surface area contributed by atoms with Gasteiger partial charge in [-0.1, -0.05) is 54.1 Å². The number of nitrogens with zero attached hydrogens (tertiary/aromatic N) is 3. The molecule has 1 heterocycles. The van der Waals surface area contributed by atoms with Gasteiger partial charge in [0.2, 0.25) is 17.8 Å². The number of hydrogen-bond acceptors (Lipinski definition) is 7. The second-order valence-corrected chi connectivity index (χ2v) is 10.8. The Labute approximate surface area is 236 Å². The summed E-state index contributed by atoms with van der Waals surface area (Å²) in [5, 5.41) is 9.03. The second-order valence-electron chi connectivity index (χ2n) is 8.70. The highest BCUT2D eigenvalue weighted by atomic mass is 35.5. The number of sulfonamides is 1. The molecule has 3 aromatic rings. The molecule has 0 bridgehead atoms. The molecule has 0 aromatic heterocycles. The van der Waals surface area contributed by atoms with Crippen LogP contribution in [-0.2, 0) is 19.6 Å². The predicted octanol–water partition coefficient (Wildman–Crippen LogP) is 2.09. The highest BCUT2D eigenvalue weighted by Crippen LogP contribution is 2.29. The Morgan fingerprint density at radius 3 is 2.38 bits per heavy atom. The number of aliphatic imine (C=N–C) groups is 1. The average molecular weight is 583 g/mol. The van der Waals surface area contributed by atoms with Crippen LogP contribution in [0.2, 0.25) is 5.02 Å². The Bertz CT molecular complexity index is 1530. The van der Waals surface area contributed by atoms with Gasteiger partial charge >= 0.3 is 0 Å². The normalized spacial score (nSPS) is 15.3. The molecule has 3 aromatic carbocycles. The van der Waals surface area contributed by atoms with Crippen molar-refractivity contribution in [2.75, 3.05) is 26.7 Å². The van der Waals surface area contributed by atoms with Crippen LogP contribution >= 0.6 is 11.6 Å². The Morgan fingerprint density at radius 2 is 1.75 bits per heavy atom. The predicted molar refractivity (Wildman–Crippen MR) is 152 cm³/mol. The van der Waals surface area contributed by atoms with Crippen molar-refractivity contribution in [2.24, 2.45) is 15.8 Å². The number of guanidine groups is 1. The van der Waals surface area contributed by atoms with Gasteiger partial charge in [-0.25, -0.2) is 23.1 Å². The summed E-state index contributed by atoms with van der Waals surface area (Å²) in [4.78, 5) is 27.5. The fourth-order valence-corrected chi connectivity index (χ4v) is 5.10. The first kappa shape index (κ1) is 28.6. The quantitative estimate of drug-likeness (QED) is 0.259. The molecule has 0 saturated heterocycles. The topological polar surface area (TPSA) is 156 Å². The monoisotopic (exact) mass is 582 g/mol. The van der Waals surface area contributed by atoms with Crippen LogP contribution in [0, 0.1) is 0 Å². The molecule has 40 heavy (non-hydrogen) atoms. The number of benzene rings is 3. The number of ether oxygens (including phenoxy) is 1. The molecule has 4 rings (SSSR count). The van der Waals surface area contributed by atoms with Gasteiger partial charge in [-0.05, 0) is 47.5 Å². The maximum Gasteiger partial charge on any atom is 0.264 e. The van der Waals surface area contributed by atoms with Crippen LogP contribution in [0.5, 0.6) is 5.75 Å². The third kappa shape index (κ3) is 7.16. The number of carbonyl (C=O) groups is 2. The lowest BCUT2D eigenvalue weighted by molar-refractivity contribution is -0.123. The molecule has 1 unspecified atom stereocenters. The lowest BCUT2D eigenvalue weighted by atomic mass is 9.91. The van der Waals surface area contributed by atoms with Gasteiger partial charge in [0, 0.05) is 10.9 Å². The van der Waals surface area contributed by atoms with Crippen molar-refractivity contribution in [3.8, 4) is 5.75 Å². The van der Waals surface area contributed by atoms with Gasteiger partial charge in [-0.3, -0.25) is 9.59 Å². The lowest BCUT2D eigenvalue weighted by Crippen LogP contribution is -2.42. The number of halogens is 1. The maximum absolute atomic E-state index is 13.3. The zero-order valence-electron chi connectivity index (χ0n) is 21.5. The molecule has 0 fully saturated rings. The summed E-state index contributed by atoms with van der Waals surface area (Å²) in [5.74, 6) is -1.28. The van der Waals surface area contributed by atoms with E-state index in [1.165, 1.54) is 36.4 Å². The number of methoxy groups -OCH3 is 1. The van der Waals surface area contributed by atoms with Crippen molar-refractivity contribution in [1.29, 1.82) is 0 Å². The molecular weight excluding hydrogens is 556 g/mol. The van der Waals surface area contributed by atoms with Crippen LogP contribution in [0.25, 0.3) is 0 Å². The molecule has 1 atom stereocenters. The van der Waals surface area contributed by atoms with Crippen molar-refractivity contribution in [3.05, 3.63) is 95.0 Å². The summed E-state index contributed by atoms with van der Waals surface area (Å²) in [6.45, 7) is -0.624. The third-order valence-electron chi connectivity index (χ3n) is 5.93. The highest BCUT2D eigenvalue weighted by molar-refractivity contribution is 7.90.